The fourth-order valence-corrected chi connectivity index (χ4v) is 3.36. The predicted octanol–water partition coefficient (Wildman–Crippen LogP) is 3.24. The lowest BCUT2D eigenvalue weighted by atomic mass is 10.2. The van der Waals surface area contributed by atoms with Crippen molar-refractivity contribution >= 4 is 33.0 Å². The summed E-state index contributed by atoms with van der Waals surface area (Å²) in [6.45, 7) is 4.30. The van der Waals surface area contributed by atoms with E-state index in [4.69, 9.17) is 4.74 Å². The normalized spacial score (nSPS) is 14.3. The smallest absolute Gasteiger partial charge is 0.263 e. The van der Waals surface area contributed by atoms with E-state index < -0.39 is 0 Å². The number of hydrogen-bond acceptors (Lipinski definition) is 4. The molecule has 1 aromatic heterocycles. The molecule has 0 unspecified atom stereocenters. The first-order valence-corrected chi connectivity index (χ1v) is 7.82. The minimum atomic E-state index is 0.0136. The Balaban J connectivity index is 1.96. The molecule has 0 radical (unpaired) electrons. The number of anilines is 1. The van der Waals surface area contributed by atoms with Crippen molar-refractivity contribution in [3.05, 3.63) is 23.1 Å². The second kappa shape index (κ2) is 5.71. The standard InChI is InChI=1S/C15H18N2O2S/c1-2-3-8-19-10-4-5-12-11(9-10)13-14(20-12)15(18)17-7-6-16-13/h4-5,9,16H,2-3,6-8H2,1H3,(H,17,18). The first-order chi connectivity index (χ1) is 9.79. The van der Waals surface area contributed by atoms with Crippen LogP contribution in [0.3, 0.4) is 0 Å². The van der Waals surface area contributed by atoms with Gasteiger partial charge in [0.2, 0.25) is 0 Å². The average molecular weight is 290 g/mol. The summed E-state index contributed by atoms with van der Waals surface area (Å²) in [4.78, 5) is 12.8. The van der Waals surface area contributed by atoms with Gasteiger partial charge in [-0.2, -0.15) is 0 Å². The zero-order chi connectivity index (χ0) is 13.9. The highest BCUT2D eigenvalue weighted by atomic mass is 32.1. The van der Waals surface area contributed by atoms with Crippen LogP contribution in [0.2, 0.25) is 0 Å². The highest BCUT2D eigenvalue weighted by Gasteiger charge is 2.20. The number of fused-ring (bicyclic) bond motifs is 3. The number of nitrogens with one attached hydrogen (secondary N) is 2. The van der Waals surface area contributed by atoms with E-state index in [0.717, 1.165) is 52.4 Å². The molecule has 0 spiro atoms. The molecule has 0 saturated carbocycles. The maximum absolute atomic E-state index is 12.0. The molecule has 4 nitrogen and oxygen atoms in total. The van der Waals surface area contributed by atoms with Crippen molar-refractivity contribution < 1.29 is 9.53 Å². The van der Waals surface area contributed by atoms with E-state index in [1.807, 2.05) is 18.2 Å². The Labute approximate surface area is 122 Å². The van der Waals surface area contributed by atoms with Crippen molar-refractivity contribution in [1.29, 1.82) is 0 Å². The van der Waals surface area contributed by atoms with Crippen LogP contribution >= 0.6 is 11.3 Å². The van der Waals surface area contributed by atoms with Gasteiger partial charge in [-0.15, -0.1) is 11.3 Å². The summed E-state index contributed by atoms with van der Waals surface area (Å²) in [5.41, 5.74) is 0.945. The average Bonchev–Trinajstić information content (AvgIpc) is 2.72. The molecule has 1 amide bonds. The molecule has 1 aromatic carbocycles. The molecule has 0 saturated heterocycles. The fraction of sp³-hybridized carbons (Fsp3) is 0.400. The molecule has 1 aliphatic heterocycles. The number of unbranched alkanes of at least 4 members (excludes halogenated alkanes) is 1. The third-order valence-corrected chi connectivity index (χ3v) is 4.51. The number of ether oxygens (including phenoxy) is 1. The van der Waals surface area contributed by atoms with Gasteiger partial charge < -0.3 is 15.4 Å². The Morgan fingerprint density at radius 1 is 1.30 bits per heavy atom. The largest absolute Gasteiger partial charge is 0.494 e. The van der Waals surface area contributed by atoms with E-state index in [1.165, 1.54) is 11.3 Å². The Morgan fingerprint density at radius 3 is 3.00 bits per heavy atom. The van der Waals surface area contributed by atoms with E-state index in [-0.39, 0.29) is 5.91 Å². The van der Waals surface area contributed by atoms with E-state index in [0.29, 0.717) is 6.54 Å². The molecule has 0 atom stereocenters. The summed E-state index contributed by atoms with van der Waals surface area (Å²) in [6.07, 6.45) is 2.18. The first kappa shape index (κ1) is 13.2. The lowest BCUT2D eigenvalue weighted by Gasteiger charge is -2.06. The van der Waals surface area contributed by atoms with Gasteiger partial charge in [-0.1, -0.05) is 13.3 Å². The summed E-state index contributed by atoms with van der Waals surface area (Å²) in [5, 5.41) is 7.32. The van der Waals surface area contributed by atoms with Gasteiger partial charge >= 0.3 is 0 Å². The summed E-state index contributed by atoms with van der Waals surface area (Å²) in [5.74, 6) is 0.887. The van der Waals surface area contributed by atoms with Crippen molar-refractivity contribution in [3.8, 4) is 5.75 Å². The van der Waals surface area contributed by atoms with Crippen molar-refractivity contribution in [2.75, 3.05) is 25.0 Å². The van der Waals surface area contributed by atoms with E-state index in [2.05, 4.69) is 17.6 Å². The molecule has 2 aromatic rings. The number of rotatable bonds is 4. The highest BCUT2D eigenvalue weighted by molar-refractivity contribution is 7.21. The molecule has 1 aliphatic rings. The predicted molar refractivity (Wildman–Crippen MR) is 83.1 cm³/mol. The van der Waals surface area contributed by atoms with Crippen LogP contribution in [0.25, 0.3) is 10.1 Å². The van der Waals surface area contributed by atoms with Crippen LogP contribution in [-0.4, -0.2) is 25.6 Å². The third-order valence-electron chi connectivity index (χ3n) is 3.34. The summed E-state index contributed by atoms with van der Waals surface area (Å²) in [7, 11) is 0. The second-order valence-corrected chi connectivity index (χ2v) is 5.90. The molecule has 0 fully saturated rings. The maximum Gasteiger partial charge on any atom is 0.263 e. The minimum absolute atomic E-state index is 0.0136. The second-order valence-electron chi connectivity index (χ2n) is 4.85. The molecule has 0 aliphatic carbocycles. The molecule has 3 rings (SSSR count). The van der Waals surface area contributed by atoms with Crippen LogP contribution in [0.4, 0.5) is 5.69 Å². The molecular formula is C15H18N2O2S. The third kappa shape index (κ3) is 2.45. The first-order valence-electron chi connectivity index (χ1n) is 7.01. The monoisotopic (exact) mass is 290 g/mol. The van der Waals surface area contributed by atoms with Crippen LogP contribution in [0.1, 0.15) is 29.4 Å². The number of thiophene rings is 1. The van der Waals surface area contributed by atoms with Gasteiger partial charge in [0.15, 0.2) is 0 Å². The Morgan fingerprint density at radius 2 is 2.15 bits per heavy atom. The van der Waals surface area contributed by atoms with Gasteiger partial charge in [-0.05, 0) is 24.6 Å². The van der Waals surface area contributed by atoms with Crippen LogP contribution in [-0.2, 0) is 0 Å². The van der Waals surface area contributed by atoms with Gasteiger partial charge in [0, 0.05) is 23.2 Å². The van der Waals surface area contributed by atoms with Crippen LogP contribution in [0.15, 0.2) is 18.2 Å². The Hall–Kier alpha value is -1.75. The lowest BCUT2D eigenvalue weighted by Crippen LogP contribution is -2.24. The molecule has 2 heterocycles. The van der Waals surface area contributed by atoms with Gasteiger partial charge in [0.05, 0.1) is 12.3 Å². The van der Waals surface area contributed by atoms with E-state index >= 15 is 0 Å². The van der Waals surface area contributed by atoms with Gasteiger partial charge in [0.25, 0.3) is 5.91 Å². The van der Waals surface area contributed by atoms with Crippen molar-refractivity contribution in [2.24, 2.45) is 0 Å². The van der Waals surface area contributed by atoms with E-state index in [1.54, 1.807) is 0 Å². The number of hydrogen-bond donors (Lipinski definition) is 2. The van der Waals surface area contributed by atoms with E-state index in [9.17, 15) is 4.79 Å². The summed E-state index contributed by atoms with van der Waals surface area (Å²) < 4.78 is 6.86. The fourth-order valence-electron chi connectivity index (χ4n) is 2.28. The van der Waals surface area contributed by atoms with Crippen molar-refractivity contribution in [1.82, 2.24) is 5.32 Å². The molecule has 2 N–H and O–H groups in total. The number of amides is 1. The Kier molecular flexibility index (Phi) is 3.78. The zero-order valence-electron chi connectivity index (χ0n) is 11.5. The number of carbonyl (C=O) groups is 1. The molecule has 106 valence electrons. The Bertz CT molecular complexity index is 636. The summed E-state index contributed by atoms with van der Waals surface area (Å²) in [6, 6.07) is 6.04. The maximum atomic E-state index is 12.0. The highest BCUT2D eigenvalue weighted by Crippen LogP contribution is 2.38. The molecular weight excluding hydrogens is 272 g/mol. The van der Waals surface area contributed by atoms with Crippen LogP contribution in [0.5, 0.6) is 5.75 Å². The van der Waals surface area contributed by atoms with Crippen LogP contribution in [0, 0.1) is 0 Å². The minimum Gasteiger partial charge on any atom is -0.494 e. The SMILES string of the molecule is CCCCOc1ccc2sc3c(c2c1)NCCNC3=O. The zero-order valence-corrected chi connectivity index (χ0v) is 12.3. The molecule has 20 heavy (non-hydrogen) atoms. The van der Waals surface area contributed by atoms with Gasteiger partial charge in [0.1, 0.15) is 10.6 Å². The van der Waals surface area contributed by atoms with Crippen LogP contribution < -0.4 is 15.4 Å². The van der Waals surface area contributed by atoms with Gasteiger partial charge in [-0.3, -0.25) is 4.79 Å². The topological polar surface area (TPSA) is 50.4 Å². The quantitative estimate of drug-likeness (QED) is 0.850. The number of benzene rings is 1. The molecule has 5 heteroatoms. The summed E-state index contributed by atoms with van der Waals surface area (Å²) >= 11 is 1.53. The van der Waals surface area contributed by atoms with Crippen molar-refractivity contribution in [2.45, 2.75) is 19.8 Å². The molecule has 0 bridgehead atoms. The van der Waals surface area contributed by atoms with Crippen molar-refractivity contribution in [3.63, 3.8) is 0 Å². The number of carbonyl (C=O) groups excluding carboxylic acids is 1. The lowest BCUT2D eigenvalue weighted by molar-refractivity contribution is 0.0962. The van der Waals surface area contributed by atoms with Gasteiger partial charge in [-0.25, -0.2) is 0 Å².